The summed E-state index contributed by atoms with van der Waals surface area (Å²) in [7, 11) is 0. The van der Waals surface area contributed by atoms with E-state index in [9.17, 15) is 9.59 Å². The van der Waals surface area contributed by atoms with E-state index in [0.29, 0.717) is 31.7 Å². The molecule has 28 heavy (non-hydrogen) atoms. The number of fused-ring (bicyclic) bond motifs is 1. The minimum Gasteiger partial charge on any atom is -0.493 e. The molecule has 1 N–H and O–H groups in total. The highest BCUT2D eigenvalue weighted by molar-refractivity contribution is 6.39. The van der Waals surface area contributed by atoms with E-state index in [1.54, 1.807) is 0 Å². The van der Waals surface area contributed by atoms with Gasteiger partial charge in [-0.1, -0.05) is 36.4 Å². The fourth-order valence-corrected chi connectivity index (χ4v) is 3.48. The summed E-state index contributed by atoms with van der Waals surface area (Å²) >= 11 is 0. The molecule has 0 spiro atoms. The number of carbonyl (C=O) groups excluding carboxylic acids is 2. The summed E-state index contributed by atoms with van der Waals surface area (Å²) in [4.78, 5) is 24.9. The molecule has 6 nitrogen and oxygen atoms in total. The van der Waals surface area contributed by atoms with Crippen LogP contribution >= 0.6 is 0 Å². The van der Waals surface area contributed by atoms with Crippen LogP contribution in [0.5, 0.6) is 5.75 Å². The molecule has 2 aromatic rings. The van der Waals surface area contributed by atoms with E-state index in [1.165, 1.54) is 10.6 Å². The van der Waals surface area contributed by atoms with Crippen LogP contribution in [0, 0.1) is 0 Å². The van der Waals surface area contributed by atoms with Crippen molar-refractivity contribution in [3.63, 3.8) is 0 Å². The Kier molecular flexibility index (Phi) is 5.10. The lowest BCUT2D eigenvalue weighted by molar-refractivity contribution is -0.132. The van der Waals surface area contributed by atoms with Gasteiger partial charge in [-0.05, 0) is 35.7 Å². The van der Waals surface area contributed by atoms with Gasteiger partial charge >= 0.3 is 0 Å². The normalized spacial score (nSPS) is 16.8. The molecule has 0 unspecified atom stereocenters. The second kappa shape index (κ2) is 7.84. The zero-order valence-corrected chi connectivity index (χ0v) is 15.9. The second-order valence-corrected chi connectivity index (χ2v) is 7.14. The standard InChI is InChI=1S/C22H23N3O3/c1-15(17-7-9-20-18(13-17)11-12-28-20)23-22(27)19-8-10-21(26)25(24-19)14-16-5-3-2-4-6-16/h2-7,9,13,15H,8,10-12,14H2,1H3,(H,23,27)/t15-/m0/s1. The molecule has 2 aliphatic rings. The van der Waals surface area contributed by atoms with E-state index in [4.69, 9.17) is 4.74 Å². The molecule has 144 valence electrons. The molecule has 6 heteroatoms. The van der Waals surface area contributed by atoms with Crippen LogP contribution in [-0.4, -0.2) is 29.1 Å². The zero-order valence-electron chi connectivity index (χ0n) is 15.9. The molecule has 2 heterocycles. The Morgan fingerprint density at radius 1 is 1.18 bits per heavy atom. The molecule has 0 saturated heterocycles. The van der Waals surface area contributed by atoms with Crippen molar-refractivity contribution >= 4 is 17.5 Å². The smallest absolute Gasteiger partial charge is 0.267 e. The Bertz CT molecular complexity index is 924. The third kappa shape index (κ3) is 3.91. The highest BCUT2D eigenvalue weighted by atomic mass is 16.5. The third-order valence-electron chi connectivity index (χ3n) is 5.10. The Morgan fingerprint density at radius 2 is 2.00 bits per heavy atom. The van der Waals surface area contributed by atoms with Gasteiger partial charge in [0.15, 0.2) is 0 Å². The average Bonchev–Trinajstić information content (AvgIpc) is 3.18. The highest BCUT2D eigenvalue weighted by Gasteiger charge is 2.25. The number of hydrazone groups is 1. The Morgan fingerprint density at radius 3 is 2.82 bits per heavy atom. The molecule has 0 radical (unpaired) electrons. The van der Waals surface area contributed by atoms with Crippen LogP contribution in [0.15, 0.2) is 53.6 Å². The molecule has 2 amide bonds. The fraction of sp³-hybridized carbons (Fsp3) is 0.318. The number of rotatable bonds is 5. The van der Waals surface area contributed by atoms with Gasteiger partial charge < -0.3 is 10.1 Å². The van der Waals surface area contributed by atoms with Crippen molar-refractivity contribution in [2.24, 2.45) is 5.10 Å². The molecule has 0 bridgehead atoms. The number of benzene rings is 2. The van der Waals surface area contributed by atoms with E-state index in [2.05, 4.69) is 16.5 Å². The minimum absolute atomic E-state index is 0.0629. The van der Waals surface area contributed by atoms with Crippen LogP contribution in [0.4, 0.5) is 0 Å². The molecular weight excluding hydrogens is 354 g/mol. The number of hydrogen-bond acceptors (Lipinski definition) is 4. The lowest BCUT2D eigenvalue weighted by Crippen LogP contribution is -2.39. The van der Waals surface area contributed by atoms with Crippen LogP contribution in [0.3, 0.4) is 0 Å². The van der Waals surface area contributed by atoms with E-state index in [1.807, 2.05) is 49.4 Å². The molecule has 2 aliphatic heterocycles. The number of nitrogens with zero attached hydrogens (tertiary/aromatic N) is 2. The van der Waals surface area contributed by atoms with Crippen LogP contribution in [0.2, 0.25) is 0 Å². The van der Waals surface area contributed by atoms with Gasteiger partial charge in [-0.3, -0.25) is 9.59 Å². The van der Waals surface area contributed by atoms with Crippen LogP contribution < -0.4 is 10.1 Å². The summed E-state index contributed by atoms with van der Waals surface area (Å²) in [6.45, 7) is 3.03. The van der Waals surface area contributed by atoms with Crippen molar-refractivity contribution in [3.05, 3.63) is 65.2 Å². The van der Waals surface area contributed by atoms with Crippen molar-refractivity contribution in [2.75, 3.05) is 6.61 Å². The fourth-order valence-electron chi connectivity index (χ4n) is 3.48. The van der Waals surface area contributed by atoms with Gasteiger partial charge in [0.05, 0.1) is 19.2 Å². The maximum absolute atomic E-state index is 12.7. The van der Waals surface area contributed by atoms with Gasteiger partial charge in [-0.2, -0.15) is 5.10 Å². The average molecular weight is 377 g/mol. The Labute approximate surface area is 164 Å². The van der Waals surface area contributed by atoms with E-state index in [0.717, 1.165) is 23.3 Å². The summed E-state index contributed by atoms with van der Waals surface area (Å²) in [5.41, 5.74) is 3.58. The van der Waals surface area contributed by atoms with Crippen LogP contribution in [-0.2, 0) is 22.6 Å². The summed E-state index contributed by atoms with van der Waals surface area (Å²) in [5, 5.41) is 8.73. The predicted octanol–water partition coefficient (Wildman–Crippen LogP) is 2.98. The summed E-state index contributed by atoms with van der Waals surface area (Å²) < 4.78 is 5.54. The van der Waals surface area contributed by atoms with Gasteiger partial charge in [-0.25, -0.2) is 5.01 Å². The molecule has 0 aromatic heterocycles. The summed E-state index contributed by atoms with van der Waals surface area (Å²) in [6.07, 6.45) is 1.55. The number of ether oxygens (including phenoxy) is 1. The van der Waals surface area contributed by atoms with Crippen LogP contribution in [0.25, 0.3) is 0 Å². The monoisotopic (exact) mass is 377 g/mol. The second-order valence-electron chi connectivity index (χ2n) is 7.14. The largest absolute Gasteiger partial charge is 0.493 e. The van der Waals surface area contributed by atoms with E-state index < -0.39 is 0 Å². The minimum atomic E-state index is -0.227. The van der Waals surface area contributed by atoms with Crippen LogP contribution in [0.1, 0.15) is 42.5 Å². The highest BCUT2D eigenvalue weighted by Crippen LogP contribution is 2.28. The first kappa shape index (κ1) is 18.2. The maximum Gasteiger partial charge on any atom is 0.267 e. The van der Waals surface area contributed by atoms with Gasteiger partial charge in [-0.15, -0.1) is 0 Å². The number of carbonyl (C=O) groups is 2. The molecule has 1 atom stereocenters. The summed E-state index contributed by atoms with van der Waals surface area (Å²) in [5.74, 6) is 0.635. The molecule has 0 saturated carbocycles. The first-order valence-corrected chi connectivity index (χ1v) is 9.58. The van der Waals surface area contributed by atoms with Gasteiger partial charge in [0, 0.05) is 19.3 Å². The van der Waals surface area contributed by atoms with Gasteiger partial charge in [0.25, 0.3) is 5.91 Å². The lowest BCUT2D eigenvalue weighted by atomic mass is 10.0. The first-order chi connectivity index (χ1) is 13.6. The summed E-state index contributed by atoms with van der Waals surface area (Å²) in [6, 6.07) is 15.5. The van der Waals surface area contributed by atoms with E-state index in [-0.39, 0.29) is 17.9 Å². The topological polar surface area (TPSA) is 71.0 Å². The SMILES string of the molecule is C[C@H](NC(=O)C1=NN(Cc2ccccc2)C(=O)CC1)c1ccc2c(c1)CCO2. The first-order valence-electron chi connectivity index (χ1n) is 9.58. The Hall–Kier alpha value is -3.15. The molecule has 0 fully saturated rings. The maximum atomic E-state index is 12.7. The van der Waals surface area contributed by atoms with Gasteiger partial charge in [0.2, 0.25) is 5.91 Å². The molecular formula is C22H23N3O3. The van der Waals surface area contributed by atoms with Crippen molar-refractivity contribution in [3.8, 4) is 5.75 Å². The van der Waals surface area contributed by atoms with E-state index >= 15 is 0 Å². The number of amides is 2. The zero-order chi connectivity index (χ0) is 19.5. The number of hydrogen-bond donors (Lipinski definition) is 1. The molecule has 4 rings (SSSR count). The van der Waals surface area contributed by atoms with Crippen molar-refractivity contribution in [1.82, 2.24) is 10.3 Å². The predicted molar refractivity (Wildman–Crippen MR) is 106 cm³/mol. The third-order valence-corrected chi connectivity index (χ3v) is 5.10. The van der Waals surface area contributed by atoms with Crippen molar-refractivity contribution in [1.29, 1.82) is 0 Å². The quantitative estimate of drug-likeness (QED) is 0.871. The van der Waals surface area contributed by atoms with Crippen molar-refractivity contribution in [2.45, 2.75) is 38.8 Å². The van der Waals surface area contributed by atoms with Gasteiger partial charge in [0.1, 0.15) is 11.5 Å². The lowest BCUT2D eigenvalue weighted by Gasteiger charge is -2.24. The van der Waals surface area contributed by atoms with Crippen molar-refractivity contribution < 1.29 is 14.3 Å². The Balaban J connectivity index is 1.44. The molecule has 2 aromatic carbocycles. The number of nitrogens with one attached hydrogen (secondary N) is 1. The molecule has 0 aliphatic carbocycles.